The molecule has 0 spiro atoms. The van der Waals surface area contributed by atoms with Crippen LogP contribution in [0, 0.1) is 6.92 Å². The van der Waals surface area contributed by atoms with Crippen LogP contribution >= 0.6 is 0 Å². The van der Waals surface area contributed by atoms with Gasteiger partial charge in [-0.15, -0.1) is 0 Å². The average molecular weight is 264 g/mol. The molecule has 0 fully saturated rings. The van der Waals surface area contributed by atoms with Crippen LogP contribution in [0.5, 0.6) is 0 Å². The summed E-state index contributed by atoms with van der Waals surface area (Å²) in [7, 11) is 0. The first-order chi connectivity index (χ1) is 9.10. The molecule has 4 heteroatoms. The lowest BCUT2D eigenvalue weighted by atomic mass is 10.3. The first-order valence-electron chi connectivity index (χ1n) is 7.47. The van der Waals surface area contributed by atoms with Crippen molar-refractivity contribution in [1.29, 1.82) is 0 Å². The number of aromatic nitrogens is 2. The summed E-state index contributed by atoms with van der Waals surface area (Å²) in [6.07, 6.45) is 3.34. The molecule has 1 N–H and O–H groups in total. The molecular formula is C15H28N4. The van der Waals surface area contributed by atoms with Crippen molar-refractivity contribution in [2.24, 2.45) is 0 Å². The van der Waals surface area contributed by atoms with Crippen LogP contribution < -0.4 is 10.2 Å². The fraction of sp³-hybridized carbons (Fsp3) is 0.733. The Kier molecular flexibility index (Phi) is 6.60. The summed E-state index contributed by atoms with van der Waals surface area (Å²) < 4.78 is 0. The normalized spacial score (nSPS) is 12.3. The molecule has 1 atom stereocenters. The average Bonchev–Trinajstić information content (AvgIpc) is 2.37. The van der Waals surface area contributed by atoms with Crippen LogP contribution in [0.15, 0.2) is 6.07 Å². The molecule has 1 aromatic rings. The highest BCUT2D eigenvalue weighted by Crippen LogP contribution is 2.16. The summed E-state index contributed by atoms with van der Waals surface area (Å²) in [5, 5.41) is 3.36. The topological polar surface area (TPSA) is 41.1 Å². The number of nitrogens with one attached hydrogen (secondary N) is 1. The van der Waals surface area contributed by atoms with E-state index in [-0.39, 0.29) is 0 Å². The van der Waals surface area contributed by atoms with Crippen molar-refractivity contribution in [3.05, 3.63) is 11.8 Å². The molecule has 1 unspecified atom stereocenters. The second-order valence-electron chi connectivity index (χ2n) is 5.13. The lowest BCUT2D eigenvalue weighted by molar-refractivity contribution is 0.724. The van der Waals surface area contributed by atoms with E-state index in [1.807, 2.05) is 6.92 Å². The number of aryl methyl sites for hydroxylation is 1. The number of rotatable bonds is 8. The summed E-state index contributed by atoms with van der Waals surface area (Å²) in [6.45, 7) is 12.9. The maximum absolute atomic E-state index is 4.66. The zero-order valence-corrected chi connectivity index (χ0v) is 13.0. The van der Waals surface area contributed by atoms with Crippen LogP contribution in [0.25, 0.3) is 0 Å². The third kappa shape index (κ3) is 5.05. The van der Waals surface area contributed by atoms with Crippen LogP contribution in [0.2, 0.25) is 0 Å². The molecule has 0 radical (unpaired) electrons. The number of hydrogen-bond acceptors (Lipinski definition) is 4. The monoisotopic (exact) mass is 264 g/mol. The minimum atomic E-state index is 0.403. The van der Waals surface area contributed by atoms with Crippen molar-refractivity contribution >= 4 is 11.8 Å². The summed E-state index contributed by atoms with van der Waals surface area (Å²) >= 11 is 0. The molecule has 0 aromatic carbocycles. The molecule has 0 saturated carbocycles. The molecule has 0 aliphatic rings. The van der Waals surface area contributed by atoms with E-state index < -0.39 is 0 Å². The van der Waals surface area contributed by atoms with Gasteiger partial charge in [-0.25, -0.2) is 4.98 Å². The largest absolute Gasteiger partial charge is 0.356 e. The van der Waals surface area contributed by atoms with E-state index in [2.05, 4.69) is 53.9 Å². The summed E-state index contributed by atoms with van der Waals surface area (Å²) in [5.41, 5.74) is 1.02. The number of hydrogen-bond donors (Lipinski definition) is 1. The standard InChI is InChI=1S/C15H28N4/c1-6-9-19(10-7-2)14-11-13(5)17-15(18-14)16-12(4)8-3/h11-12H,6-10H2,1-5H3,(H,16,17,18). The lowest BCUT2D eigenvalue weighted by Crippen LogP contribution is -2.27. The quantitative estimate of drug-likeness (QED) is 0.778. The second-order valence-corrected chi connectivity index (χ2v) is 5.13. The van der Waals surface area contributed by atoms with Gasteiger partial charge in [-0.2, -0.15) is 4.98 Å². The van der Waals surface area contributed by atoms with Crippen molar-refractivity contribution in [3.8, 4) is 0 Å². The Labute approximate surface area is 117 Å². The molecule has 1 heterocycles. The zero-order chi connectivity index (χ0) is 14.3. The van der Waals surface area contributed by atoms with Gasteiger partial charge >= 0.3 is 0 Å². The number of anilines is 2. The highest BCUT2D eigenvalue weighted by atomic mass is 15.2. The maximum Gasteiger partial charge on any atom is 0.225 e. The van der Waals surface area contributed by atoms with Gasteiger partial charge in [-0.1, -0.05) is 20.8 Å². The third-order valence-corrected chi connectivity index (χ3v) is 3.14. The SMILES string of the molecule is CCCN(CCC)c1cc(C)nc(NC(C)CC)n1. The molecular weight excluding hydrogens is 236 g/mol. The highest BCUT2D eigenvalue weighted by molar-refractivity contribution is 5.45. The van der Waals surface area contributed by atoms with Gasteiger partial charge in [0, 0.05) is 30.9 Å². The third-order valence-electron chi connectivity index (χ3n) is 3.14. The van der Waals surface area contributed by atoms with Gasteiger partial charge in [0.2, 0.25) is 5.95 Å². The van der Waals surface area contributed by atoms with Gasteiger partial charge < -0.3 is 10.2 Å². The van der Waals surface area contributed by atoms with E-state index in [4.69, 9.17) is 0 Å². The van der Waals surface area contributed by atoms with E-state index >= 15 is 0 Å². The van der Waals surface area contributed by atoms with Gasteiger partial charge in [-0.05, 0) is 33.1 Å². The zero-order valence-electron chi connectivity index (χ0n) is 13.0. The maximum atomic E-state index is 4.66. The Hall–Kier alpha value is -1.32. The second kappa shape index (κ2) is 7.97. The van der Waals surface area contributed by atoms with Gasteiger partial charge in [0.1, 0.15) is 5.82 Å². The van der Waals surface area contributed by atoms with Crippen molar-refractivity contribution in [2.45, 2.75) is 59.9 Å². The van der Waals surface area contributed by atoms with Crippen LogP contribution in [-0.2, 0) is 0 Å². The molecule has 0 aliphatic carbocycles. The fourth-order valence-corrected chi connectivity index (χ4v) is 1.98. The molecule has 0 bridgehead atoms. The molecule has 0 aliphatic heterocycles. The molecule has 4 nitrogen and oxygen atoms in total. The van der Waals surface area contributed by atoms with Crippen molar-refractivity contribution in [3.63, 3.8) is 0 Å². The van der Waals surface area contributed by atoms with Gasteiger partial charge in [0.15, 0.2) is 0 Å². The molecule has 1 aromatic heterocycles. The van der Waals surface area contributed by atoms with Crippen molar-refractivity contribution in [2.75, 3.05) is 23.3 Å². The van der Waals surface area contributed by atoms with E-state index in [1.165, 1.54) is 0 Å². The molecule has 1 rings (SSSR count). The molecule has 0 amide bonds. The van der Waals surface area contributed by atoms with E-state index in [1.54, 1.807) is 0 Å². The summed E-state index contributed by atoms with van der Waals surface area (Å²) in [5.74, 6) is 1.79. The predicted molar refractivity (Wildman–Crippen MR) is 82.9 cm³/mol. The van der Waals surface area contributed by atoms with Gasteiger partial charge in [0.25, 0.3) is 0 Å². The predicted octanol–water partition coefficient (Wildman–Crippen LogP) is 3.62. The van der Waals surface area contributed by atoms with E-state index in [0.29, 0.717) is 6.04 Å². The fourth-order valence-electron chi connectivity index (χ4n) is 1.98. The molecule has 0 saturated heterocycles. The van der Waals surface area contributed by atoms with E-state index in [9.17, 15) is 0 Å². The summed E-state index contributed by atoms with van der Waals surface area (Å²) in [4.78, 5) is 11.5. The number of nitrogens with zero attached hydrogens (tertiary/aromatic N) is 3. The first kappa shape index (κ1) is 15.7. The lowest BCUT2D eigenvalue weighted by Gasteiger charge is -2.23. The first-order valence-corrected chi connectivity index (χ1v) is 7.47. The van der Waals surface area contributed by atoms with Gasteiger partial charge in [-0.3, -0.25) is 0 Å². The van der Waals surface area contributed by atoms with Crippen LogP contribution in [-0.4, -0.2) is 29.1 Å². The minimum absolute atomic E-state index is 0.403. The van der Waals surface area contributed by atoms with Crippen molar-refractivity contribution in [1.82, 2.24) is 9.97 Å². The van der Waals surface area contributed by atoms with Gasteiger partial charge in [0.05, 0.1) is 0 Å². The smallest absolute Gasteiger partial charge is 0.225 e. The van der Waals surface area contributed by atoms with Crippen LogP contribution in [0.1, 0.15) is 52.7 Å². The highest BCUT2D eigenvalue weighted by Gasteiger charge is 2.10. The Morgan fingerprint density at radius 1 is 1.16 bits per heavy atom. The van der Waals surface area contributed by atoms with Crippen LogP contribution in [0.4, 0.5) is 11.8 Å². The Bertz CT molecular complexity index is 372. The molecule has 108 valence electrons. The Morgan fingerprint density at radius 2 is 1.79 bits per heavy atom. The minimum Gasteiger partial charge on any atom is -0.356 e. The van der Waals surface area contributed by atoms with E-state index in [0.717, 1.165) is 49.8 Å². The summed E-state index contributed by atoms with van der Waals surface area (Å²) in [6, 6.07) is 2.48. The van der Waals surface area contributed by atoms with Crippen LogP contribution in [0.3, 0.4) is 0 Å². The van der Waals surface area contributed by atoms with Crippen molar-refractivity contribution < 1.29 is 0 Å². The Morgan fingerprint density at radius 3 is 2.32 bits per heavy atom. The molecule has 19 heavy (non-hydrogen) atoms. The Balaban J connectivity index is 2.92.